The number of aromatic nitrogens is 1. The first-order valence-corrected chi connectivity index (χ1v) is 9.27. The normalized spacial score (nSPS) is 15.5. The van der Waals surface area contributed by atoms with Crippen LogP contribution < -0.4 is 0 Å². The Bertz CT molecular complexity index is 1020. The van der Waals surface area contributed by atoms with Crippen LogP contribution in [0.25, 0.3) is 10.9 Å². The lowest BCUT2D eigenvalue weighted by Crippen LogP contribution is -2.38. The average molecular weight is 368 g/mol. The first kappa shape index (κ1) is 17.7. The van der Waals surface area contributed by atoms with Crippen molar-refractivity contribution >= 4 is 16.8 Å². The number of aryl methyl sites for hydroxylation is 2. The predicted octanol–water partition coefficient (Wildman–Crippen LogP) is 5.08. The van der Waals surface area contributed by atoms with Gasteiger partial charge in [-0.05, 0) is 56.5 Å². The molecule has 1 fully saturated rings. The van der Waals surface area contributed by atoms with Crippen molar-refractivity contribution < 1.29 is 13.6 Å². The van der Waals surface area contributed by atoms with E-state index in [4.69, 9.17) is 0 Å². The van der Waals surface area contributed by atoms with Crippen LogP contribution in [0, 0.1) is 25.5 Å². The number of likely N-dealkylation sites (tertiary alicyclic amines) is 1. The SMILES string of the molecule is Cc1ccc2[nH]c(C3CCN(C(=O)c4ccc(F)cc4F)CC3)c(C)c2c1. The van der Waals surface area contributed by atoms with E-state index in [2.05, 4.69) is 37.0 Å². The van der Waals surface area contributed by atoms with Gasteiger partial charge in [0, 0.05) is 41.7 Å². The summed E-state index contributed by atoms with van der Waals surface area (Å²) in [6, 6.07) is 9.51. The van der Waals surface area contributed by atoms with E-state index in [0.717, 1.165) is 30.5 Å². The summed E-state index contributed by atoms with van der Waals surface area (Å²) in [4.78, 5) is 17.8. The molecule has 140 valence electrons. The Kier molecular flexibility index (Phi) is 4.46. The topological polar surface area (TPSA) is 36.1 Å². The van der Waals surface area contributed by atoms with Gasteiger partial charge < -0.3 is 9.88 Å². The maximum atomic E-state index is 13.9. The third-order valence-electron chi connectivity index (χ3n) is 5.60. The predicted molar refractivity (Wildman–Crippen MR) is 102 cm³/mol. The Labute approximate surface area is 157 Å². The molecule has 5 heteroatoms. The number of rotatable bonds is 2. The van der Waals surface area contributed by atoms with E-state index >= 15 is 0 Å². The Morgan fingerprint density at radius 3 is 2.52 bits per heavy atom. The first-order chi connectivity index (χ1) is 12.9. The van der Waals surface area contributed by atoms with Crippen molar-refractivity contribution in [2.75, 3.05) is 13.1 Å². The molecule has 1 saturated heterocycles. The minimum absolute atomic E-state index is 0.0629. The van der Waals surface area contributed by atoms with Crippen molar-refractivity contribution in [3.63, 3.8) is 0 Å². The minimum Gasteiger partial charge on any atom is -0.358 e. The van der Waals surface area contributed by atoms with Gasteiger partial charge in [0.15, 0.2) is 0 Å². The molecule has 0 radical (unpaired) electrons. The summed E-state index contributed by atoms with van der Waals surface area (Å²) in [5.74, 6) is -1.49. The van der Waals surface area contributed by atoms with Crippen LogP contribution in [0.5, 0.6) is 0 Å². The van der Waals surface area contributed by atoms with Gasteiger partial charge in [-0.3, -0.25) is 4.79 Å². The van der Waals surface area contributed by atoms with Crippen LogP contribution in [0.3, 0.4) is 0 Å². The zero-order chi connectivity index (χ0) is 19.1. The van der Waals surface area contributed by atoms with Gasteiger partial charge in [-0.1, -0.05) is 11.6 Å². The van der Waals surface area contributed by atoms with Crippen molar-refractivity contribution in [2.24, 2.45) is 0 Å². The Morgan fingerprint density at radius 2 is 1.81 bits per heavy atom. The summed E-state index contributed by atoms with van der Waals surface area (Å²) < 4.78 is 27.0. The number of carbonyl (C=O) groups excluding carboxylic acids is 1. The van der Waals surface area contributed by atoms with Crippen molar-refractivity contribution in [1.82, 2.24) is 9.88 Å². The molecule has 1 aliphatic heterocycles. The molecule has 2 heterocycles. The summed E-state index contributed by atoms with van der Waals surface area (Å²) in [5, 5.41) is 1.25. The lowest BCUT2D eigenvalue weighted by atomic mass is 9.91. The number of nitrogens with one attached hydrogen (secondary N) is 1. The summed E-state index contributed by atoms with van der Waals surface area (Å²) in [5.41, 5.74) is 4.81. The van der Waals surface area contributed by atoms with Crippen LogP contribution >= 0.6 is 0 Å². The number of hydrogen-bond acceptors (Lipinski definition) is 1. The molecule has 3 aromatic rings. The monoisotopic (exact) mass is 368 g/mol. The molecule has 0 saturated carbocycles. The number of carbonyl (C=O) groups is 1. The second kappa shape index (κ2) is 6.80. The van der Waals surface area contributed by atoms with Crippen LogP contribution in [0.1, 0.15) is 45.9 Å². The third kappa shape index (κ3) is 3.22. The number of H-pyrrole nitrogens is 1. The first-order valence-electron chi connectivity index (χ1n) is 9.27. The number of nitrogens with zero attached hydrogens (tertiary/aromatic N) is 1. The molecule has 0 atom stereocenters. The number of halogens is 2. The molecule has 0 unspecified atom stereocenters. The van der Waals surface area contributed by atoms with Gasteiger partial charge in [-0.2, -0.15) is 0 Å². The number of hydrogen-bond donors (Lipinski definition) is 1. The highest BCUT2D eigenvalue weighted by Gasteiger charge is 2.28. The number of fused-ring (bicyclic) bond motifs is 1. The average Bonchev–Trinajstić information content (AvgIpc) is 2.98. The highest BCUT2D eigenvalue weighted by Crippen LogP contribution is 2.34. The molecule has 1 aliphatic rings. The molecule has 27 heavy (non-hydrogen) atoms. The minimum atomic E-state index is -0.802. The smallest absolute Gasteiger partial charge is 0.256 e. The van der Waals surface area contributed by atoms with Crippen molar-refractivity contribution in [3.05, 3.63) is 70.4 Å². The summed E-state index contributed by atoms with van der Waals surface area (Å²) in [7, 11) is 0. The Hall–Kier alpha value is -2.69. The van der Waals surface area contributed by atoms with Crippen LogP contribution in [-0.4, -0.2) is 28.9 Å². The second-order valence-corrected chi connectivity index (χ2v) is 7.40. The molecule has 1 aromatic heterocycles. The van der Waals surface area contributed by atoms with Crippen LogP contribution in [-0.2, 0) is 0 Å². The molecule has 2 aromatic carbocycles. The second-order valence-electron chi connectivity index (χ2n) is 7.40. The highest BCUT2D eigenvalue weighted by atomic mass is 19.1. The van der Waals surface area contributed by atoms with Gasteiger partial charge in [0.05, 0.1) is 5.56 Å². The van der Waals surface area contributed by atoms with Gasteiger partial charge >= 0.3 is 0 Å². The largest absolute Gasteiger partial charge is 0.358 e. The standard InChI is InChI=1S/C22H22F2N2O/c1-13-3-6-20-18(11-13)14(2)21(25-20)15-7-9-26(10-8-15)22(27)17-5-4-16(23)12-19(17)24/h3-6,11-12,15,25H,7-10H2,1-2H3. The van der Waals surface area contributed by atoms with Gasteiger partial charge in [0.1, 0.15) is 11.6 Å². The van der Waals surface area contributed by atoms with Crippen molar-refractivity contribution in [1.29, 1.82) is 0 Å². The van der Waals surface area contributed by atoms with E-state index in [1.807, 2.05) is 0 Å². The lowest BCUT2D eigenvalue weighted by molar-refractivity contribution is 0.0707. The number of piperidine rings is 1. The molecule has 3 nitrogen and oxygen atoms in total. The maximum Gasteiger partial charge on any atom is 0.256 e. The molecule has 4 rings (SSSR count). The highest BCUT2D eigenvalue weighted by molar-refractivity contribution is 5.94. The molecule has 1 N–H and O–H groups in total. The number of aromatic amines is 1. The Balaban J connectivity index is 1.50. The van der Waals surface area contributed by atoms with Crippen LogP contribution in [0.2, 0.25) is 0 Å². The fraction of sp³-hybridized carbons (Fsp3) is 0.318. The molecule has 0 aliphatic carbocycles. The number of amides is 1. The zero-order valence-corrected chi connectivity index (χ0v) is 15.5. The molecule has 0 bridgehead atoms. The summed E-state index contributed by atoms with van der Waals surface area (Å²) in [6.45, 7) is 5.35. The quantitative estimate of drug-likeness (QED) is 0.673. The maximum absolute atomic E-state index is 13.9. The Morgan fingerprint density at radius 1 is 1.07 bits per heavy atom. The van der Waals surface area contributed by atoms with E-state index in [9.17, 15) is 13.6 Å². The van der Waals surface area contributed by atoms with E-state index in [-0.39, 0.29) is 11.5 Å². The lowest BCUT2D eigenvalue weighted by Gasteiger charge is -2.32. The van der Waals surface area contributed by atoms with E-state index in [1.165, 1.54) is 28.3 Å². The van der Waals surface area contributed by atoms with E-state index < -0.39 is 11.6 Å². The zero-order valence-electron chi connectivity index (χ0n) is 15.5. The van der Waals surface area contributed by atoms with Gasteiger partial charge in [-0.15, -0.1) is 0 Å². The van der Waals surface area contributed by atoms with Crippen molar-refractivity contribution in [3.8, 4) is 0 Å². The van der Waals surface area contributed by atoms with Crippen LogP contribution in [0.15, 0.2) is 36.4 Å². The van der Waals surface area contributed by atoms with Gasteiger partial charge in [-0.25, -0.2) is 8.78 Å². The molecule has 1 amide bonds. The fourth-order valence-corrected chi connectivity index (χ4v) is 4.07. The number of benzene rings is 2. The summed E-state index contributed by atoms with van der Waals surface area (Å²) >= 11 is 0. The molecule has 0 spiro atoms. The van der Waals surface area contributed by atoms with Gasteiger partial charge in [0.2, 0.25) is 0 Å². The molecular weight excluding hydrogens is 346 g/mol. The third-order valence-corrected chi connectivity index (χ3v) is 5.60. The summed E-state index contributed by atoms with van der Waals surface area (Å²) in [6.07, 6.45) is 1.64. The van der Waals surface area contributed by atoms with E-state index in [0.29, 0.717) is 19.0 Å². The van der Waals surface area contributed by atoms with Crippen LogP contribution in [0.4, 0.5) is 8.78 Å². The molecular formula is C22H22F2N2O. The van der Waals surface area contributed by atoms with Gasteiger partial charge in [0.25, 0.3) is 5.91 Å². The van der Waals surface area contributed by atoms with E-state index in [1.54, 1.807) is 4.90 Å². The fourth-order valence-electron chi connectivity index (χ4n) is 4.07. The van der Waals surface area contributed by atoms with Crippen molar-refractivity contribution in [2.45, 2.75) is 32.6 Å².